The second-order valence-corrected chi connectivity index (χ2v) is 7.87. The molecule has 0 aromatic heterocycles. The van der Waals surface area contributed by atoms with Gasteiger partial charge in [0.05, 0.1) is 12.3 Å². The minimum Gasteiger partial charge on any atom is -0.340 e. The summed E-state index contributed by atoms with van der Waals surface area (Å²) in [6.07, 6.45) is 5.47. The minimum atomic E-state index is -0.336. The molecule has 1 aromatic carbocycles. The standard InChI is InChI=1S/C18H24ClN3O2.C5H13N/c1-4-6-11-24-18-20-17(21(3)13-23)16(5-2)22(18)12-14-7-9-15(19)10-8-14;1-4-5-6(2)3/h5,7-10,13,18,20H,2,4,6,11-12H2,1,3H3;4-5H2,1-3H3. The van der Waals surface area contributed by atoms with Crippen LogP contribution in [0, 0.1) is 0 Å². The second-order valence-electron chi connectivity index (χ2n) is 7.43. The minimum absolute atomic E-state index is 0.336. The third-order valence-corrected chi connectivity index (χ3v) is 4.76. The second kappa shape index (κ2) is 14.1. The Kier molecular flexibility index (Phi) is 12.2. The van der Waals surface area contributed by atoms with E-state index in [0.29, 0.717) is 24.0 Å². The van der Waals surface area contributed by atoms with Crippen LogP contribution in [0.1, 0.15) is 38.7 Å². The smallest absolute Gasteiger partial charge is 0.215 e. The third kappa shape index (κ3) is 8.38. The fraction of sp³-hybridized carbons (Fsp3) is 0.522. The van der Waals surface area contributed by atoms with Crippen molar-refractivity contribution in [3.63, 3.8) is 0 Å². The molecule has 0 bridgehead atoms. The average Bonchev–Trinajstić information content (AvgIpc) is 3.07. The van der Waals surface area contributed by atoms with Crippen LogP contribution in [0.15, 0.2) is 48.4 Å². The summed E-state index contributed by atoms with van der Waals surface area (Å²) in [7, 11) is 5.88. The van der Waals surface area contributed by atoms with Gasteiger partial charge in [-0.15, -0.1) is 0 Å². The van der Waals surface area contributed by atoms with E-state index in [1.165, 1.54) is 17.9 Å². The molecule has 1 unspecified atom stereocenters. The number of nitrogens with zero attached hydrogens (tertiary/aromatic N) is 3. The molecule has 1 amide bonds. The Morgan fingerprint density at radius 2 is 1.87 bits per heavy atom. The van der Waals surface area contributed by atoms with Crippen molar-refractivity contribution < 1.29 is 9.53 Å². The fourth-order valence-electron chi connectivity index (χ4n) is 2.95. The zero-order valence-corrected chi connectivity index (χ0v) is 19.8. The largest absolute Gasteiger partial charge is 0.340 e. The lowest BCUT2D eigenvalue weighted by Crippen LogP contribution is -2.40. The Morgan fingerprint density at radius 3 is 2.33 bits per heavy atom. The molecule has 6 nitrogen and oxygen atoms in total. The number of allylic oxidation sites excluding steroid dienone is 1. The lowest BCUT2D eigenvalue weighted by Gasteiger charge is -2.27. The van der Waals surface area contributed by atoms with Crippen LogP contribution in [0.4, 0.5) is 0 Å². The van der Waals surface area contributed by atoms with Gasteiger partial charge in [0.15, 0.2) is 0 Å². The summed E-state index contributed by atoms with van der Waals surface area (Å²) in [6, 6.07) is 7.69. The number of hydrogen-bond donors (Lipinski definition) is 1. The number of amides is 1. The molecular weight excluding hydrogens is 400 g/mol. The van der Waals surface area contributed by atoms with Crippen molar-refractivity contribution in [1.82, 2.24) is 20.0 Å². The molecule has 0 spiro atoms. The zero-order valence-electron chi connectivity index (χ0n) is 19.0. The number of rotatable bonds is 11. The summed E-state index contributed by atoms with van der Waals surface area (Å²) in [5.74, 6) is 0.690. The highest BCUT2D eigenvalue weighted by atomic mass is 35.5. The maximum Gasteiger partial charge on any atom is 0.215 e. The van der Waals surface area contributed by atoms with Gasteiger partial charge < -0.3 is 24.8 Å². The lowest BCUT2D eigenvalue weighted by molar-refractivity contribution is -0.116. The molecule has 1 heterocycles. The summed E-state index contributed by atoms with van der Waals surface area (Å²) in [5, 5.41) is 3.97. The van der Waals surface area contributed by atoms with Crippen molar-refractivity contribution in [3.05, 3.63) is 59.0 Å². The van der Waals surface area contributed by atoms with Crippen molar-refractivity contribution in [2.45, 2.75) is 46.0 Å². The Bertz CT molecular complexity index is 676. The van der Waals surface area contributed by atoms with Crippen LogP contribution in [0.2, 0.25) is 5.02 Å². The van der Waals surface area contributed by atoms with E-state index in [-0.39, 0.29) is 6.35 Å². The molecule has 0 aliphatic carbocycles. The molecule has 1 aromatic rings. The molecule has 0 fully saturated rings. The highest BCUT2D eigenvalue weighted by Gasteiger charge is 2.32. The number of nitrogens with one attached hydrogen (secondary N) is 1. The number of unbranched alkanes of at least 4 members (excludes halogenated alkanes) is 1. The Morgan fingerprint density at radius 1 is 1.20 bits per heavy atom. The zero-order chi connectivity index (χ0) is 22.5. The van der Waals surface area contributed by atoms with Crippen LogP contribution in [0.25, 0.3) is 0 Å². The van der Waals surface area contributed by atoms with Gasteiger partial charge in [0.25, 0.3) is 0 Å². The number of halogens is 1. The molecule has 0 radical (unpaired) electrons. The average molecular weight is 437 g/mol. The van der Waals surface area contributed by atoms with E-state index >= 15 is 0 Å². The van der Waals surface area contributed by atoms with E-state index in [9.17, 15) is 4.79 Å². The molecule has 0 saturated heterocycles. The summed E-state index contributed by atoms with van der Waals surface area (Å²) in [6.45, 7) is 10.7. The van der Waals surface area contributed by atoms with Gasteiger partial charge in [0.1, 0.15) is 5.82 Å². The first kappa shape index (κ1) is 26.0. The van der Waals surface area contributed by atoms with E-state index in [2.05, 4.69) is 49.6 Å². The topological polar surface area (TPSA) is 48.1 Å². The Hall–Kier alpha value is -2.02. The van der Waals surface area contributed by atoms with Gasteiger partial charge in [-0.25, -0.2) is 0 Å². The van der Waals surface area contributed by atoms with Crippen LogP contribution >= 0.6 is 11.6 Å². The van der Waals surface area contributed by atoms with Gasteiger partial charge in [-0.05, 0) is 57.3 Å². The van der Waals surface area contributed by atoms with Crippen molar-refractivity contribution >= 4 is 18.0 Å². The molecule has 30 heavy (non-hydrogen) atoms. The maximum absolute atomic E-state index is 11.2. The van der Waals surface area contributed by atoms with Gasteiger partial charge in [-0.1, -0.05) is 50.6 Å². The first-order valence-corrected chi connectivity index (χ1v) is 10.8. The maximum atomic E-state index is 11.2. The van der Waals surface area contributed by atoms with Crippen molar-refractivity contribution in [3.8, 4) is 0 Å². The monoisotopic (exact) mass is 436 g/mol. The molecular formula is C23H37ClN4O2. The van der Waals surface area contributed by atoms with Gasteiger partial charge >= 0.3 is 0 Å². The fourth-order valence-corrected chi connectivity index (χ4v) is 3.08. The summed E-state index contributed by atoms with van der Waals surface area (Å²) in [5.41, 5.74) is 1.93. The van der Waals surface area contributed by atoms with Crippen molar-refractivity contribution in [2.24, 2.45) is 0 Å². The number of carbonyl (C=O) groups excluding carboxylic acids is 1. The summed E-state index contributed by atoms with van der Waals surface area (Å²) < 4.78 is 5.97. The lowest BCUT2D eigenvalue weighted by atomic mass is 10.2. The first-order chi connectivity index (χ1) is 14.4. The van der Waals surface area contributed by atoms with Gasteiger partial charge in [-0.2, -0.15) is 0 Å². The predicted octanol–water partition coefficient (Wildman–Crippen LogP) is 4.25. The third-order valence-electron chi connectivity index (χ3n) is 4.51. The van der Waals surface area contributed by atoms with Crippen molar-refractivity contribution in [1.29, 1.82) is 0 Å². The number of hydrogen-bond acceptors (Lipinski definition) is 5. The van der Waals surface area contributed by atoms with E-state index in [1.807, 2.05) is 24.3 Å². The van der Waals surface area contributed by atoms with Crippen LogP contribution in [-0.4, -0.2) is 61.8 Å². The molecule has 2 rings (SSSR count). The molecule has 7 heteroatoms. The van der Waals surface area contributed by atoms with Crippen LogP contribution in [0.5, 0.6) is 0 Å². The normalized spacial score (nSPS) is 15.6. The summed E-state index contributed by atoms with van der Waals surface area (Å²) >= 11 is 5.96. The molecule has 1 aliphatic heterocycles. The van der Waals surface area contributed by atoms with E-state index in [4.69, 9.17) is 16.3 Å². The molecule has 1 aliphatic rings. The van der Waals surface area contributed by atoms with Gasteiger partial charge in [-0.3, -0.25) is 4.79 Å². The predicted molar refractivity (Wildman–Crippen MR) is 125 cm³/mol. The first-order valence-electron chi connectivity index (χ1n) is 10.5. The highest BCUT2D eigenvalue weighted by Crippen LogP contribution is 2.26. The Labute approximate surface area is 187 Å². The van der Waals surface area contributed by atoms with Crippen LogP contribution in [-0.2, 0) is 16.1 Å². The van der Waals surface area contributed by atoms with Crippen LogP contribution < -0.4 is 5.32 Å². The summed E-state index contributed by atoms with van der Waals surface area (Å²) in [4.78, 5) is 16.9. The molecule has 1 N–H and O–H groups in total. The van der Waals surface area contributed by atoms with E-state index in [1.54, 1.807) is 13.1 Å². The SMILES string of the molecule is C=CC1=C(N(C)C=O)NC(OCCCC)N1Cc1ccc(Cl)cc1.CCCN(C)C. The van der Waals surface area contributed by atoms with Crippen LogP contribution in [0.3, 0.4) is 0 Å². The number of carbonyl (C=O) groups is 1. The van der Waals surface area contributed by atoms with Gasteiger partial charge in [0.2, 0.25) is 12.8 Å². The van der Waals surface area contributed by atoms with Gasteiger partial charge in [0, 0.05) is 18.6 Å². The molecule has 1 atom stereocenters. The number of ether oxygens (including phenoxy) is 1. The highest BCUT2D eigenvalue weighted by molar-refractivity contribution is 6.30. The molecule has 0 saturated carbocycles. The van der Waals surface area contributed by atoms with Crippen molar-refractivity contribution in [2.75, 3.05) is 34.3 Å². The number of benzene rings is 1. The van der Waals surface area contributed by atoms with E-state index < -0.39 is 0 Å². The molecule has 168 valence electrons. The van der Waals surface area contributed by atoms with E-state index in [0.717, 1.165) is 30.5 Å². The Balaban J connectivity index is 0.000000656. The quantitative estimate of drug-likeness (QED) is 0.415.